The topological polar surface area (TPSA) is 66.1 Å². The van der Waals surface area contributed by atoms with Crippen molar-refractivity contribution < 1.29 is 4.79 Å². The predicted octanol–water partition coefficient (Wildman–Crippen LogP) is 2.98. The first-order valence-corrected chi connectivity index (χ1v) is 10.2. The van der Waals surface area contributed by atoms with Crippen LogP contribution in [0.5, 0.6) is 0 Å². The number of carbonyl (C=O) groups is 1. The Kier molecular flexibility index (Phi) is 4.31. The minimum absolute atomic E-state index is 0.0493. The van der Waals surface area contributed by atoms with Gasteiger partial charge in [0.25, 0.3) is 5.56 Å². The predicted molar refractivity (Wildman–Crippen MR) is 111 cm³/mol. The monoisotopic (exact) mass is 385 g/mol. The summed E-state index contributed by atoms with van der Waals surface area (Å²) in [6, 6.07) is 20.0. The van der Waals surface area contributed by atoms with E-state index < -0.39 is 0 Å². The van der Waals surface area contributed by atoms with Crippen LogP contribution in [0.4, 0.5) is 0 Å². The van der Waals surface area contributed by atoms with Gasteiger partial charge < -0.3 is 9.88 Å². The number of aromatic amines is 1. The van der Waals surface area contributed by atoms with Crippen LogP contribution in [-0.4, -0.2) is 27.3 Å². The SMILES string of the molecule is O=C(Cc1ccccc1)N1CCc2nc(C3(c4ccccc4)CC3)[nH]c(=O)c2C1. The van der Waals surface area contributed by atoms with E-state index >= 15 is 0 Å². The lowest BCUT2D eigenvalue weighted by Gasteiger charge is -2.28. The number of rotatable bonds is 4. The van der Waals surface area contributed by atoms with E-state index in [0.717, 1.165) is 29.9 Å². The van der Waals surface area contributed by atoms with Crippen molar-refractivity contribution in [1.29, 1.82) is 0 Å². The van der Waals surface area contributed by atoms with Crippen molar-refractivity contribution in [2.45, 2.75) is 37.6 Å². The maximum atomic E-state index is 12.9. The normalized spacial score (nSPS) is 16.9. The van der Waals surface area contributed by atoms with Gasteiger partial charge >= 0.3 is 0 Å². The van der Waals surface area contributed by atoms with Crippen molar-refractivity contribution in [3.8, 4) is 0 Å². The van der Waals surface area contributed by atoms with Crippen molar-refractivity contribution >= 4 is 5.91 Å². The number of H-pyrrole nitrogens is 1. The first-order valence-electron chi connectivity index (χ1n) is 10.2. The Morgan fingerprint density at radius 2 is 1.72 bits per heavy atom. The molecule has 2 aromatic carbocycles. The summed E-state index contributed by atoms with van der Waals surface area (Å²) in [5.74, 6) is 0.824. The van der Waals surface area contributed by atoms with Gasteiger partial charge in [0.1, 0.15) is 5.82 Å². The van der Waals surface area contributed by atoms with Crippen LogP contribution in [0.15, 0.2) is 65.5 Å². The molecule has 1 fully saturated rings. The van der Waals surface area contributed by atoms with Crippen molar-refractivity contribution in [3.05, 3.63) is 99.2 Å². The van der Waals surface area contributed by atoms with Gasteiger partial charge in [-0.05, 0) is 24.0 Å². The molecule has 0 atom stereocenters. The third-order valence-electron chi connectivity index (χ3n) is 6.15. The van der Waals surface area contributed by atoms with Gasteiger partial charge in [-0.1, -0.05) is 60.7 Å². The number of nitrogens with one attached hydrogen (secondary N) is 1. The molecule has 1 saturated carbocycles. The summed E-state index contributed by atoms with van der Waals surface area (Å²) in [6.07, 6.45) is 2.98. The summed E-state index contributed by atoms with van der Waals surface area (Å²) in [6.45, 7) is 0.939. The second-order valence-corrected chi connectivity index (χ2v) is 8.02. The highest BCUT2D eigenvalue weighted by atomic mass is 16.2. The second-order valence-electron chi connectivity index (χ2n) is 8.02. The number of amides is 1. The lowest BCUT2D eigenvalue weighted by molar-refractivity contribution is -0.131. The quantitative estimate of drug-likeness (QED) is 0.751. The molecule has 2 aliphatic rings. The highest BCUT2D eigenvalue weighted by molar-refractivity contribution is 5.79. The van der Waals surface area contributed by atoms with E-state index in [0.29, 0.717) is 31.5 Å². The molecule has 2 heterocycles. The Hall–Kier alpha value is -3.21. The van der Waals surface area contributed by atoms with Gasteiger partial charge in [0.05, 0.1) is 29.6 Å². The molecule has 1 aliphatic heterocycles. The molecule has 0 unspecified atom stereocenters. The average molecular weight is 385 g/mol. The Balaban J connectivity index is 1.39. The van der Waals surface area contributed by atoms with E-state index in [1.54, 1.807) is 4.90 Å². The van der Waals surface area contributed by atoms with Crippen LogP contribution in [-0.2, 0) is 29.6 Å². The van der Waals surface area contributed by atoms with Crippen LogP contribution < -0.4 is 5.56 Å². The van der Waals surface area contributed by atoms with Gasteiger partial charge in [0.2, 0.25) is 5.91 Å². The fraction of sp³-hybridized carbons (Fsp3) is 0.292. The smallest absolute Gasteiger partial charge is 0.256 e. The molecule has 1 N–H and O–H groups in total. The van der Waals surface area contributed by atoms with Crippen molar-refractivity contribution in [2.24, 2.45) is 0 Å². The number of aromatic nitrogens is 2. The van der Waals surface area contributed by atoms with E-state index in [1.165, 1.54) is 5.56 Å². The zero-order valence-electron chi connectivity index (χ0n) is 16.2. The van der Waals surface area contributed by atoms with Crippen LogP contribution in [0.1, 0.15) is 41.1 Å². The number of hydrogen-bond acceptors (Lipinski definition) is 3. The molecular weight excluding hydrogens is 362 g/mol. The Morgan fingerprint density at radius 1 is 1.03 bits per heavy atom. The Bertz CT molecular complexity index is 1100. The summed E-state index contributed by atoms with van der Waals surface area (Å²) in [5, 5.41) is 0. The molecule has 0 spiro atoms. The average Bonchev–Trinajstić information content (AvgIpc) is 3.57. The second kappa shape index (κ2) is 6.99. The lowest BCUT2D eigenvalue weighted by atomic mass is 9.94. The zero-order valence-corrected chi connectivity index (χ0v) is 16.2. The summed E-state index contributed by atoms with van der Waals surface area (Å²) in [4.78, 5) is 35.3. The maximum Gasteiger partial charge on any atom is 0.256 e. The molecule has 0 saturated heterocycles. The van der Waals surface area contributed by atoms with Crippen LogP contribution >= 0.6 is 0 Å². The van der Waals surface area contributed by atoms with Gasteiger partial charge in [-0.15, -0.1) is 0 Å². The highest BCUT2D eigenvalue weighted by Crippen LogP contribution is 2.51. The van der Waals surface area contributed by atoms with Crippen LogP contribution in [0, 0.1) is 0 Å². The van der Waals surface area contributed by atoms with Crippen LogP contribution in [0.2, 0.25) is 0 Å². The molecule has 146 valence electrons. The van der Waals surface area contributed by atoms with E-state index in [4.69, 9.17) is 4.98 Å². The van der Waals surface area contributed by atoms with E-state index in [9.17, 15) is 9.59 Å². The molecule has 5 nitrogen and oxygen atoms in total. The Morgan fingerprint density at radius 3 is 2.41 bits per heavy atom. The number of nitrogens with zero attached hydrogens (tertiary/aromatic N) is 2. The number of benzene rings is 2. The summed E-state index contributed by atoms with van der Waals surface area (Å²) < 4.78 is 0. The van der Waals surface area contributed by atoms with Gasteiger partial charge in [-0.3, -0.25) is 9.59 Å². The van der Waals surface area contributed by atoms with Crippen molar-refractivity contribution in [1.82, 2.24) is 14.9 Å². The molecule has 1 aliphatic carbocycles. The molecule has 0 bridgehead atoms. The van der Waals surface area contributed by atoms with Crippen molar-refractivity contribution in [3.63, 3.8) is 0 Å². The summed E-state index contributed by atoms with van der Waals surface area (Å²) >= 11 is 0. The Labute approximate surface area is 169 Å². The van der Waals surface area contributed by atoms with Gasteiger partial charge in [0, 0.05) is 13.0 Å². The third-order valence-corrected chi connectivity index (χ3v) is 6.15. The number of carbonyl (C=O) groups excluding carboxylic acids is 1. The minimum Gasteiger partial charge on any atom is -0.337 e. The van der Waals surface area contributed by atoms with E-state index in [1.807, 2.05) is 48.5 Å². The number of fused-ring (bicyclic) bond motifs is 1. The van der Waals surface area contributed by atoms with Gasteiger partial charge in [0.15, 0.2) is 0 Å². The summed E-state index contributed by atoms with van der Waals surface area (Å²) in [5.41, 5.74) is 3.41. The fourth-order valence-electron chi connectivity index (χ4n) is 4.29. The largest absolute Gasteiger partial charge is 0.337 e. The zero-order chi connectivity index (χ0) is 19.8. The lowest BCUT2D eigenvalue weighted by Crippen LogP contribution is -2.41. The van der Waals surface area contributed by atoms with E-state index in [2.05, 4.69) is 17.1 Å². The molecule has 1 amide bonds. The van der Waals surface area contributed by atoms with E-state index in [-0.39, 0.29) is 16.9 Å². The first kappa shape index (κ1) is 17.9. The van der Waals surface area contributed by atoms with Gasteiger partial charge in [-0.2, -0.15) is 0 Å². The molecule has 1 aromatic heterocycles. The first-order chi connectivity index (χ1) is 14.2. The fourth-order valence-corrected chi connectivity index (χ4v) is 4.29. The molecule has 29 heavy (non-hydrogen) atoms. The highest BCUT2D eigenvalue weighted by Gasteiger charge is 2.48. The van der Waals surface area contributed by atoms with Crippen LogP contribution in [0.25, 0.3) is 0 Å². The summed E-state index contributed by atoms with van der Waals surface area (Å²) in [7, 11) is 0. The number of hydrogen-bond donors (Lipinski definition) is 1. The molecule has 0 radical (unpaired) electrons. The standard InChI is InChI=1S/C24H23N3O2/c28-21(15-17-7-3-1-4-8-17)27-14-11-20-19(16-27)22(29)26-23(25-20)24(12-13-24)18-9-5-2-6-10-18/h1-10H,11-16H2,(H,25,26,29). The van der Waals surface area contributed by atoms with Gasteiger partial charge in [-0.25, -0.2) is 4.98 Å². The van der Waals surface area contributed by atoms with Crippen LogP contribution in [0.3, 0.4) is 0 Å². The third kappa shape index (κ3) is 3.27. The maximum absolute atomic E-state index is 12.9. The molecular formula is C24H23N3O2. The minimum atomic E-state index is -0.157. The molecule has 5 heteroatoms. The van der Waals surface area contributed by atoms with Crippen molar-refractivity contribution in [2.75, 3.05) is 6.54 Å². The molecule has 3 aromatic rings. The molecule has 5 rings (SSSR count).